The Morgan fingerprint density at radius 1 is 0.621 bits per heavy atom. The van der Waals surface area contributed by atoms with E-state index in [-0.39, 0.29) is 23.4 Å². The zero-order valence-electron chi connectivity index (χ0n) is 20.6. The lowest BCUT2D eigenvalue weighted by molar-refractivity contribution is -0.0743. The van der Waals surface area contributed by atoms with Crippen molar-refractivity contribution in [1.29, 1.82) is 0 Å². The van der Waals surface area contributed by atoms with Crippen LogP contribution in [-0.4, -0.2) is 83.6 Å². The maximum atomic E-state index is 10.1. The molecule has 0 radical (unpaired) electrons. The molecule has 0 unspecified atom stereocenters. The molecule has 2 N–H and O–H groups in total. The molecule has 0 aliphatic heterocycles. The third-order valence-corrected chi connectivity index (χ3v) is 4.79. The summed E-state index contributed by atoms with van der Waals surface area (Å²) in [4.78, 5) is 2.27. The van der Waals surface area contributed by atoms with Gasteiger partial charge in [0.25, 0.3) is 0 Å². The minimum atomic E-state index is -0.695. The molecular weight excluding hydrogens is 370 g/mol. The molecule has 0 aliphatic carbocycles. The molecule has 0 bridgehead atoms. The fraction of sp³-hybridized carbons (Fsp3) is 1.00. The summed E-state index contributed by atoms with van der Waals surface area (Å²) in [5.41, 5.74) is -1.40. The third-order valence-electron chi connectivity index (χ3n) is 4.79. The first-order valence-electron chi connectivity index (χ1n) is 11.0. The van der Waals surface area contributed by atoms with Crippen LogP contribution >= 0.6 is 0 Å². The van der Waals surface area contributed by atoms with Gasteiger partial charge in [-0.1, -0.05) is 0 Å². The molecule has 0 atom stereocenters. The molecule has 0 rings (SSSR count). The SMILES string of the molecule is CC(C)(O)CCN(CCOC(C)(C)CCO)CCOC(C)(C)CCOC(C)(C)C. The molecule has 0 aliphatic rings. The van der Waals surface area contributed by atoms with Crippen molar-refractivity contribution in [2.45, 2.75) is 104 Å². The fourth-order valence-electron chi connectivity index (χ4n) is 2.69. The Bertz CT molecular complexity index is 424. The van der Waals surface area contributed by atoms with Crippen LogP contribution in [0.4, 0.5) is 0 Å². The number of hydrogen-bond donors (Lipinski definition) is 2. The lowest BCUT2D eigenvalue weighted by atomic mass is 10.1. The number of hydrogen-bond acceptors (Lipinski definition) is 6. The second-order valence-electron chi connectivity index (χ2n) is 10.8. The maximum Gasteiger partial charge on any atom is 0.0649 e. The first-order valence-corrected chi connectivity index (χ1v) is 11.0. The smallest absolute Gasteiger partial charge is 0.0649 e. The number of nitrogens with zero attached hydrogens (tertiary/aromatic N) is 1. The van der Waals surface area contributed by atoms with Gasteiger partial charge in [0.1, 0.15) is 0 Å². The van der Waals surface area contributed by atoms with Gasteiger partial charge in [-0.15, -0.1) is 0 Å². The Labute approximate surface area is 179 Å². The molecule has 29 heavy (non-hydrogen) atoms. The number of aliphatic hydroxyl groups is 2. The van der Waals surface area contributed by atoms with E-state index in [1.165, 1.54) is 0 Å². The van der Waals surface area contributed by atoms with E-state index in [0.29, 0.717) is 32.7 Å². The molecule has 0 heterocycles. The highest BCUT2D eigenvalue weighted by Gasteiger charge is 2.22. The highest BCUT2D eigenvalue weighted by Crippen LogP contribution is 2.18. The van der Waals surface area contributed by atoms with Gasteiger partial charge in [-0.25, -0.2) is 0 Å². The first-order chi connectivity index (χ1) is 13.1. The van der Waals surface area contributed by atoms with Crippen molar-refractivity contribution in [1.82, 2.24) is 4.90 Å². The average Bonchev–Trinajstić information content (AvgIpc) is 2.49. The van der Waals surface area contributed by atoms with Gasteiger partial charge in [-0.05, 0) is 81.6 Å². The number of ether oxygens (including phenoxy) is 3. The molecule has 0 aromatic carbocycles. The van der Waals surface area contributed by atoms with Crippen LogP contribution in [0.2, 0.25) is 0 Å². The van der Waals surface area contributed by atoms with Crippen LogP contribution < -0.4 is 0 Å². The van der Waals surface area contributed by atoms with Gasteiger partial charge in [-0.2, -0.15) is 0 Å². The van der Waals surface area contributed by atoms with Crippen molar-refractivity contribution in [3.8, 4) is 0 Å². The Morgan fingerprint density at radius 3 is 1.52 bits per heavy atom. The molecule has 6 heteroatoms. The first kappa shape index (κ1) is 28.8. The molecular formula is C23H49NO5. The summed E-state index contributed by atoms with van der Waals surface area (Å²) in [6, 6.07) is 0. The van der Waals surface area contributed by atoms with Crippen LogP contribution in [0.3, 0.4) is 0 Å². The summed E-state index contributed by atoms with van der Waals surface area (Å²) < 4.78 is 17.9. The predicted molar refractivity (Wildman–Crippen MR) is 119 cm³/mol. The van der Waals surface area contributed by atoms with Gasteiger partial charge in [0.2, 0.25) is 0 Å². The second kappa shape index (κ2) is 12.6. The van der Waals surface area contributed by atoms with E-state index in [0.717, 1.165) is 26.1 Å². The molecule has 0 spiro atoms. The minimum absolute atomic E-state index is 0.122. The van der Waals surface area contributed by atoms with Crippen LogP contribution in [-0.2, 0) is 14.2 Å². The maximum absolute atomic E-state index is 10.1. The Hall–Kier alpha value is -0.240. The van der Waals surface area contributed by atoms with Crippen LogP contribution in [0, 0.1) is 0 Å². The van der Waals surface area contributed by atoms with E-state index in [1.807, 2.05) is 27.7 Å². The minimum Gasteiger partial charge on any atom is -0.396 e. The zero-order valence-corrected chi connectivity index (χ0v) is 20.6. The monoisotopic (exact) mass is 419 g/mol. The van der Waals surface area contributed by atoms with E-state index in [2.05, 4.69) is 39.5 Å². The largest absolute Gasteiger partial charge is 0.396 e. The van der Waals surface area contributed by atoms with Gasteiger partial charge in [0, 0.05) is 32.8 Å². The van der Waals surface area contributed by atoms with E-state index in [9.17, 15) is 5.11 Å². The van der Waals surface area contributed by atoms with E-state index >= 15 is 0 Å². The van der Waals surface area contributed by atoms with Crippen molar-refractivity contribution in [3.05, 3.63) is 0 Å². The van der Waals surface area contributed by atoms with Gasteiger partial charge < -0.3 is 24.4 Å². The summed E-state index contributed by atoms with van der Waals surface area (Å²) in [6.07, 6.45) is 2.15. The molecule has 0 saturated heterocycles. The van der Waals surface area contributed by atoms with Crippen LogP contribution in [0.1, 0.15) is 81.6 Å². The Balaban J connectivity index is 4.48. The highest BCUT2D eigenvalue weighted by molar-refractivity contribution is 4.73. The van der Waals surface area contributed by atoms with Crippen LogP contribution in [0.25, 0.3) is 0 Å². The summed E-state index contributed by atoms with van der Waals surface area (Å²) in [7, 11) is 0. The van der Waals surface area contributed by atoms with E-state index in [4.69, 9.17) is 19.3 Å². The summed E-state index contributed by atoms with van der Waals surface area (Å²) in [5.74, 6) is 0. The molecule has 0 aromatic rings. The lowest BCUT2D eigenvalue weighted by Crippen LogP contribution is -2.39. The predicted octanol–water partition coefficient (Wildman–Crippen LogP) is 3.63. The van der Waals surface area contributed by atoms with Crippen molar-refractivity contribution >= 4 is 0 Å². The topological polar surface area (TPSA) is 71.4 Å². The average molecular weight is 420 g/mol. The molecule has 0 fully saturated rings. The molecule has 0 aromatic heterocycles. The van der Waals surface area contributed by atoms with Crippen molar-refractivity contribution in [2.24, 2.45) is 0 Å². The van der Waals surface area contributed by atoms with Crippen molar-refractivity contribution in [2.75, 3.05) is 46.1 Å². The lowest BCUT2D eigenvalue weighted by Gasteiger charge is -2.31. The van der Waals surface area contributed by atoms with Crippen LogP contribution in [0.15, 0.2) is 0 Å². The fourth-order valence-corrected chi connectivity index (χ4v) is 2.69. The molecule has 0 amide bonds. The van der Waals surface area contributed by atoms with Crippen molar-refractivity contribution in [3.63, 3.8) is 0 Å². The number of aliphatic hydroxyl groups excluding tert-OH is 1. The van der Waals surface area contributed by atoms with E-state index < -0.39 is 5.60 Å². The molecule has 0 saturated carbocycles. The normalized spacial score (nSPS) is 14.1. The summed E-state index contributed by atoms with van der Waals surface area (Å²) >= 11 is 0. The zero-order chi connectivity index (χ0) is 22.8. The van der Waals surface area contributed by atoms with E-state index in [1.54, 1.807) is 0 Å². The quantitative estimate of drug-likeness (QED) is 0.398. The van der Waals surface area contributed by atoms with Crippen molar-refractivity contribution < 1.29 is 24.4 Å². The van der Waals surface area contributed by atoms with Gasteiger partial charge in [0.15, 0.2) is 0 Å². The summed E-state index contributed by atoms with van der Waals surface area (Å²) in [5, 5.41) is 19.2. The third kappa shape index (κ3) is 18.3. The summed E-state index contributed by atoms with van der Waals surface area (Å²) in [6.45, 7) is 22.4. The molecule has 6 nitrogen and oxygen atoms in total. The Morgan fingerprint density at radius 2 is 1.10 bits per heavy atom. The number of rotatable bonds is 16. The van der Waals surface area contributed by atoms with Gasteiger partial charge in [0.05, 0.1) is 35.6 Å². The van der Waals surface area contributed by atoms with Gasteiger partial charge >= 0.3 is 0 Å². The van der Waals surface area contributed by atoms with Gasteiger partial charge in [-0.3, -0.25) is 4.90 Å². The highest BCUT2D eigenvalue weighted by atomic mass is 16.5. The van der Waals surface area contributed by atoms with Crippen LogP contribution in [0.5, 0.6) is 0 Å². The standard InChI is InChI=1S/C23H49NO5/c1-20(2,3)27-17-12-23(8,9)29-19-15-24(13-10-21(4,5)26)14-18-28-22(6,7)11-16-25/h25-26H,10-19H2,1-9H3. The Kier molecular flexibility index (Phi) is 12.5. The molecule has 176 valence electrons. The second-order valence-corrected chi connectivity index (χ2v) is 10.8.